The average Bonchev–Trinajstić information content (AvgIpc) is 3.32. The Morgan fingerprint density at radius 2 is 1.94 bits per heavy atom. The van der Waals surface area contributed by atoms with E-state index < -0.39 is 0 Å². The molecule has 5 aromatic rings. The van der Waals surface area contributed by atoms with Crippen molar-refractivity contribution < 1.29 is 13.9 Å². The molecule has 0 radical (unpaired) electrons. The Morgan fingerprint density at radius 3 is 2.77 bits per heavy atom. The van der Waals surface area contributed by atoms with Crippen LogP contribution in [0.15, 0.2) is 93.7 Å². The van der Waals surface area contributed by atoms with Gasteiger partial charge in [0.25, 0.3) is 5.56 Å². The Kier molecular flexibility index (Phi) is 6.08. The van der Waals surface area contributed by atoms with Crippen LogP contribution in [0.1, 0.15) is 5.56 Å². The number of rotatable bonds is 7. The molecular weight excluding hydrogens is 466 g/mol. The Balaban J connectivity index is 1.71. The van der Waals surface area contributed by atoms with Gasteiger partial charge in [0.15, 0.2) is 5.76 Å². The van der Waals surface area contributed by atoms with Crippen molar-refractivity contribution in [2.24, 2.45) is 5.10 Å². The highest BCUT2D eigenvalue weighted by atomic mass is 35.5. The fourth-order valence-corrected chi connectivity index (χ4v) is 3.91. The first kappa shape index (κ1) is 22.4. The summed E-state index contributed by atoms with van der Waals surface area (Å²) in [6.45, 7) is 3.99. The van der Waals surface area contributed by atoms with E-state index in [0.717, 1.165) is 5.39 Å². The second-order valence-corrected chi connectivity index (χ2v) is 8.02. The van der Waals surface area contributed by atoms with Crippen LogP contribution in [-0.4, -0.2) is 29.6 Å². The van der Waals surface area contributed by atoms with Crippen LogP contribution in [0.25, 0.3) is 33.5 Å². The molecule has 2 aromatic heterocycles. The van der Waals surface area contributed by atoms with Gasteiger partial charge in [-0.2, -0.15) is 9.78 Å². The number of aromatic nitrogens is 2. The lowest BCUT2D eigenvalue weighted by atomic mass is 10.2. The van der Waals surface area contributed by atoms with E-state index in [9.17, 15) is 4.79 Å². The van der Waals surface area contributed by atoms with Gasteiger partial charge in [0.2, 0.25) is 5.82 Å². The molecule has 35 heavy (non-hydrogen) atoms. The van der Waals surface area contributed by atoms with Gasteiger partial charge in [-0.1, -0.05) is 42.5 Å². The summed E-state index contributed by atoms with van der Waals surface area (Å²) < 4.78 is 18.4. The van der Waals surface area contributed by atoms with Gasteiger partial charge in [0.1, 0.15) is 23.7 Å². The van der Waals surface area contributed by atoms with E-state index >= 15 is 0 Å². The molecule has 5 rings (SSSR count). The molecule has 0 unspecified atom stereocenters. The van der Waals surface area contributed by atoms with Crippen molar-refractivity contribution >= 4 is 39.7 Å². The summed E-state index contributed by atoms with van der Waals surface area (Å²) in [5.41, 5.74) is 1.39. The molecule has 2 heterocycles. The molecule has 0 saturated heterocycles. The van der Waals surface area contributed by atoms with Gasteiger partial charge in [0, 0.05) is 10.6 Å². The molecule has 0 N–H and O–H groups in total. The summed E-state index contributed by atoms with van der Waals surface area (Å²) in [4.78, 5) is 18.2. The lowest BCUT2D eigenvalue weighted by Crippen LogP contribution is -2.20. The predicted octanol–water partition coefficient (Wildman–Crippen LogP) is 5.92. The normalized spacial score (nSPS) is 11.4. The van der Waals surface area contributed by atoms with E-state index in [-0.39, 0.29) is 11.4 Å². The Hall–Kier alpha value is -4.36. The highest BCUT2D eigenvalue weighted by molar-refractivity contribution is 6.30. The Morgan fingerprint density at radius 1 is 1.09 bits per heavy atom. The fraction of sp³-hybridized carbons (Fsp3) is 0.0741. The number of hydrogen-bond acceptors (Lipinski definition) is 6. The molecule has 0 aliphatic rings. The first-order valence-electron chi connectivity index (χ1n) is 10.8. The number of fused-ring (bicyclic) bond motifs is 2. The van der Waals surface area contributed by atoms with Crippen LogP contribution in [0.3, 0.4) is 0 Å². The minimum absolute atomic E-state index is 0.249. The van der Waals surface area contributed by atoms with Crippen molar-refractivity contribution in [1.29, 1.82) is 0 Å². The second-order valence-electron chi connectivity index (χ2n) is 7.58. The van der Waals surface area contributed by atoms with Gasteiger partial charge in [0.05, 0.1) is 29.6 Å². The summed E-state index contributed by atoms with van der Waals surface area (Å²) in [5.74, 6) is 1.83. The Labute approximate surface area is 205 Å². The van der Waals surface area contributed by atoms with Crippen LogP contribution >= 0.6 is 11.6 Å². The number of ether oxygens (including phenoxy) is 2. The zero-order chi connectivity index (χ0) is 24.4. The van der Waals surface area contributed by atoms with Crippen LogP contribution in [0, 0.1) is 0 Å². The van der Waals surface area contributed by atoms with Crippen molar-refractivity contribution in [3.63, 3.8) is 0 Å². The van der Waals surface area contributed by atoms with Crippen molar-refractivity contribution in [1.82, 2.24) is 9.66 Å². The fourth-order valence-electron chi connectivity index (χ4n) is 3.73. The topological polar surface area (TPSA) is 78.8 Å². The average molecular weight is 486 g/mol. The summed E-state index contributed by atoms with van der Waals surface area (Å²) in [6.07, 6.45) is 3.15. The van der Waals surface area contributed by atoms with Gasteiger partial charge < -0.3 is 13.9 Å². The van der Waals surface area contributed by atoms with Crippen LogP contribution in [0.4, 0.5) is 0 Å². The third-order valence-corrected chi connectivity index (χ3v) is 5.59. The van der Waals surface area contributed by atoms with Crippen molar-refractivity contribution in [3.05, 3.63) is 100 Å². The number of benzene rings is 3. The predicted molar refractivity (Wildman–Crippen MR) is 138 cm³/mol. The molecule has 0 bridgehead atoms. The smallest absolute Gasteiger partial charge is 0.282 e. The van der Waals surface area contributed by atoms with Crippen LogP contribution in [0.5, 0.6) is 11.5 Å². The quantitative estimate of drug-likeness (QED) is 0.211. The lowest BCUT2D eigenvalue weighted by molar-refractivity contribution is 0.362. The highest BCUT2D eigenvalue weighted by Gasteiger charge is 2.18. The largest absolute Gasteiger partial charge is 0.496 e. The number of furan rings is 1. The number of nitrogens with zero attached hydrogens (tertiary/aromatic N) is 3. The first-order valence-corrected chi connectivity index (χ1v) is 11.1. The first-order chi connectivity index (χ1) is 17.1. The standard InChI is InChI=1S/C27H20ClN3O4/c1-3-13-34-22-12-11-18(28)14-17(22)16-29-31-26(30-21-8-5-4-7-19(21)27(31)32)25-15-20-23(33-2)9-6-10-24(20)35-25/h3-12,14-16H,1,13H2,2H3. The zero-order valence-electron chi connectivity index (χ0n) is 18.8. The summed E-state index contributed by atoms with van der Waals surface area (Å²) in [7, 11) is 1.59. The lowest BCUT2D eigenvalue weighted by Gasteiger charge is -2.09. The molecule has 0 saturated carbocycles. The highest BCUT2D eigenvalue weighted by Crippen LogP contribution is 2.33. The molecule has 0 aliphatic carbocycles. The van der Waals surface area contributed by atoms with E-state index in [1.165, 1.54) is 10.9 Å². The molecule has 0 fully saturated rings. The second kappa shape index (κ2) is 9.48. The minimum atomic E-state index is -0.343. The summed E-state index contributed by atoms with van der Waals surface area (Å²) in [6, 6.07) is 19.5. The van der Waals surface area contributed by atoms with Gasteiger partial charge in [-0.05, 0) is 48.5 Å². The molecule has 0 aliphatic heterocycles. The van der Waals surface area contributed by atoms with Crippen molar-refractivity contribution in [2.75, 3.05) is 13.7 Å². The molecule has 3 aromatic carbocycles. The molecule has 7 nitrogen and oxygen atoms in total. The van der Waals surface area contributed by atoms with Crippen LogP contribution in [0.2, 0.25) is 5.02 Å². The third kappa shape index (κ3) is 4.29. The van der Waals surface area contributed by atoms with E-state index in [2.05, 4.69) is 11.7 Å². The molecule has 0 spiro atoms. The Bertz CT molecular complexity index is 1650. The van der Waals surface area contributed by atoms with Crippen LogP contribution in [-0.2, 0) is 0 Å². The minimum Gasteiger partial charge on any atom is -0.496 e. The molecule has 174 valence electrons. The van der Waals surface area contributed by atoms with E-state index in [1.807, 2.05) is 24.3 Å². The number of para-hydroxylation sites is 1. The molecule has 0 amide bonds. The summed E-state index contributed by atoms with van der Waals surface area (Å²) in [5, 5.41) is 6.18. The molecule has 8 heteroatoms. The van der Waals surface area contributed by atoms with Gasteiger partial charge in [-0.25, -0.2) is 4.98 Å². The van der Waals surface area contributed by atoms with Gasteiger partial charge in [-0.3, -0.25) is 4.79 Å². The zero-order valence-corrected chi connectivity index (χ0v) is 19.5. The molecule has 0 atom stereocenters. The number of halogens is 1. The van der Waals surface area contributed by atoms with E-state index in [1.54, 1.807) is 55.7 Å². The van der Waals surface area contributed by atoms with Gasteiger partial charge >= 0.3 is 0 Å². The van der Waals surface area contributed by atoms with Crippen LogP contribution < -0.4 is 15.0 Å². The third-order valence-electron chi connectivity index (χ3n) is 5.36. The maximum atomic E-state index is 13.5. The maximum Gasteiger partial charge on any atom is 0.282 e. The van der Waals surface area contributed by atoms with Gasteiger partial charge in [-0.15, -0.1) is 0 Å². The summed E-state index contributed by atoms with van der Waals surface area (Å²) >= 11 is 6.20. The molecular formula is C27H20ClN3O4. The van der Waals surface area contributed by atoms with Crippen molar-refractivity contribution in [2.45, 2.75) is 0 Å². The maximum absolute atomic E-state index is 13.5. The van der Waals surface area contributed by atoms with E-state index in [4.69, 9.17) is 30.5 Å². The monoisotopic (exact) mass is 485 g/mol. The number of methoxy groups -OCH3 is 1. The number of hydrogen-bond donors (Lipinski definition) is 0. The van der Waals surface area contributed by atoms with Crippen molar-refractivity contribution in [3.8, 4) is 23.1 Å². The SMILES string of the molecule is C=CCOc1ccc(Cl)cc1C=Nn1c(-c2cc3c(OC)cccc3o2)nc2ccccc2c1=O. The van der Waals surface area contributed by atoms with E-state index in [0.29, 0.717) is 50.9 Å².